The van der Waals surface area contributed by atoms with Gasteiger partial charge in [-0.15, -0.1) is 11.3 Å². The van der Waals surface area contributed by atoms with Gasteiger partial charge in [-0.2, -0.15) is 0 Å². The van der Waals surface area contributed by atoms with E-state index in [9.17, 15) is 19.1 Å². The first-order valence-electron chi connectivity index (χ1n) is 8.39. The van der Waals surface area contributed by atoms with Gasteiger partial charge in [-0.3, -0.25) is 4.79 Å². The third-order valence-electron chi connectivity index (χ3n) is 3.97. The maximum Gasteiger partial charge on any atom is 0.330 e. The summed E-state index contributed by atoms with van der Waals surface area (Å²) in [6, 6.07) is 6.66. The highest BCUT2D eigenvalue weighted by molar-refractivity contribution is 7.09. The van der Waals surface area contributed by atoms with Crippen LogP contribution < -0.4 is 10.1 Å². The van der Waals surface area contributed by atoms with Crippen LogP contribution in [0.25, 0.3) is 0 Å². The summed E-state index contributed by atoms with van der Waals surface area (Å²) < 4.78 is 18.6. The third-order valence-corrected chi connectivity index (χ3v) is 4.90. The van der Waals surface area contributed by atoms with E-state index >= 15 is 0 Å². The van der Waals surface area contributed by atoms with Gasteiger partial charge in [0.15, 0.2) is 17.6 Å². The van der Waals surface area contributed by atoms with Gasteiger partial charge < -0.3 is 15.2 Å². The number of ether oxygens (including phenoxy) is 1. The number of carbonyl (C=O) groups excluding carboxylic acids is 1. The Kier molecular flexibility index (Phi) is 7.59. The number of methoxy groups -OCH3 is 1. The van der Waals surface area contributed by atoms with Crippen molar-refractivity contribution < 1.29 is 23.8 Å². The predicted molar refractivity (Wildman–Crippen MR) is 98.0 cm³/mol. The van der Waals surface area contributed by atoms with Gasteiger partial charge in [-0.1, -0.05) is 18.6 Å². The Morgan fingerprint density at radius 1 is 1.27 bits per heavy atom. The number of hydrogen-bond donors (Lipinski definition) is 2. The van der Waals surface area contributed by atoms with Crippen LogP contribution in [0.1, 0.15) is 42.2 Å². The number of benzene rings is 1. The molecule has 0 fully saturated rings. The van der Waals surface area contributed by atoms with Gasteiger partial charge in [0, 0.05) is 11.3 Å². The highest BCUT2D eigenvalue weighted by Gasteiger charge is 2.23. The third kappa shape index (κ3) is 5.84. The van der Waals surface area contributed by atoms with Crippen LogP contribution in [0.15, 0.2) is 35.7 Å². The molecule has 2 aromatic rings. The molecule has 0 aliphatic carbocycles. The number of rotatable bonds is 10. The fraction of sp³-hybridized carbons (Fsp3) is 0.368. The van der Waals surface area contributed by atoms with E-state index in [1.165, 1.54) is 24.1 Å². The Labute approximate surface area is 155 Å². The van der Waals surface area contributed by atoms with E-state index in [2.05, 4.69) is 11.4 Å². The molecule has 7 heteroatoms. The van der Waals surface area contributed by atoms with Crippen molar-refractivity contribution in [3.63, 3.8) is 0 Å². The van der Waals surface area contributed by atoms with Crippen LogP contribution in [0.4, 0.5) is 4.39 Å². The zero-order chi connectivity index (χ0) is 18.9. The number of amides is 1. The minimum absolute atomic E-state index is 0.0231. The van der Waals surface area contributed by atoms with Crippen molar-refractivity contribution in [2.75, 3.05) is 7.11 Å². The van der Waals surface area contributed by atoms with Crippen molar-refractivity contribution >= 4 is 23.2 Å². The van der Waals surface area contributed by atoms with Gasteiger partial charge in [0.05, 0.1) is 7.11 Å². The maximum atomic E-state index is 13.8. The van der Waals surface area contributed by atoms with Gasteiger partial charge in [0.1, 0.15) is 0 Å². The molecular weight excluding hydrogens is 357 g/mol. The summed E-state index contributed by atoms with van der Waals surface area (Å²) >= 11 is 1.72. The summed E-state index contributed by atoms with van der Waals surface area (Å²) in [5, 5.41) is 13.8. The molecule has 0 aliphatic rings. The highest BCUT2D eigenvalue weighted by atomic mass is 32.1. The lowest BCUT2D eigenvalue weighted by atomic mass is 10.1. The molecule has 0 spiro atoms. The molecule has 0 aliphatic heterocycles. The van der Waals surface area contributed by atoms with E-state index in [0.29, 0.717) is 6.42 Å². The summed E-state index contributed by atoms with van der Waals surface area (Å²) in [5.74, 6) is -2.24. The zero-order valence-corrected chi connectivity index (χ0v) is 15.4. The van der Waals surface area contributed by atoms with E-state index in [4.69, 9.17) is 4.74 Å². The van der Waals surface area contributed by atoms with E-state index in [1.54, 1.807) is 11.3 Å². The van der Waals surface area contributed by atoms with E-state index in [-0.39, 0.29) is 23.6 Å². The lowest BCUT2D eigenvalue weighted by molar-refractivity contribution is -0.142. The molecule has 1 aromatic heterocycles. The van der Waals surface area contributed by atoms with Crippen molar-refractivity contribution in [3.8, 4) is 5.75 Å². The molecule has 1 atom stereocenters. The molecule has 5 nitrogen and oxygen atoms in total. The molecule has 2 rings (SSSR count). The minimum atomic E-state index is -1.28. The van der Waals surface area contributed by atoms with Gasteiger partial charge in [0.25, 0.3) is 0 Å². The SMILES string of the molecule is COc1ccc(C(NC(=O)CCCCCc2cccs2)C(=O)O)cc1F. The number of aliphatic carboxylic acids is 1. The van der Waals surface area contributed by atoms with Crippen molar-refractivity contribution in [3.05, 3.63) is 52.0 Å². The quantitative estimate of drug-likeness (QED) is 0.613. The molecule has 0 bridgehead atoms. The predicted octanol–water partition coefficient (Wildman–Crippen LogP) is 3.94. The first-order chi connectivity index (χ1) is 12.5. The van der Waals surface area contributed by atoms with Gasteiger partial charge >= 0.3 is 5.97 Å². The Bertz CT molecular complexity index is 733. The van der Waals surface area contributed by atoms with Crippen LogP contribution in [0.3, 0.4) is 0 Å². The number of halogens is 1. The van der Waals surface area contributed by atoms with Crippen molar-refractivity contribution in [1.29, 1.82) is 0 Å². The average Bonchev–Trinajstić information content (AvgIpc) is 3.12. The van der Waals surface area contributed by atoms with Gasteiger partial charge in [0.2, 0.25) is 5.91 Å². The number of aryl methyl sites for hydroxylation is 1. The average molecular weight is 379 g/mol. The van der Waals surface area contributed by atoms with Crippen molar-refractivity contribution in [2.45, 2.75) is 38.1 Å². The number of carbonyl (C=O) groups is 2. The summed E-state index contributed by atoms with van der Waals surface area (Å²) in [7, 11) is 1.33. The number of unbranched alkanes of at least 4 members (excludes halogenated alkanes) is 2. The number of thiophene rings is 1. The number of carboxylic acids is 1. The lowest BCUT2D eigenvalue weighted by Crippen LogP contribution is -2.33. The Hall–Kier alpha value is -2.41. The molecule has 140 valence electrons. The summed E-state index contributed by atoms with van der Waals surface area (Å²) in [4.78, 5) is 24.8. The second-order valence-corrected chi connectivity index (χ2v) is 6.91. The largest absolute Gasteiger partial charge is 0.494 e. The van der Waals surface area contributed by atoms with E-state index in [0.717, 1.165) is 25.3 Å². The maximum absolute atomic E-state index is 13.8. The molecule has 1 unspecified atom stereocenters. The van der Waals surface area contributed by atoms with Crippen LogP contribution >= 0.6 is 11.3 Å². The van der Waals surface area contributed by atoms with Crippen LogP contribution in [0.5, 0.6) is 5.75 Å². The second-order valence-electron chi connectivity index (χ2n) is 5.87. The van der Waals surface area contributed by atoms with Gasteiger partial charge in [-0.05, 0) is 48.4 Å². The monoisotopic (exact) mass is 379 g/mol. The number of nitrogens with one attached hydrogen (secondary N) is 1. The summed E-state index contributed by atoms with van der Waals surface area (Å²) in [5.41, 5.74) is 0.168. The van der Waals surface area contributed by atoms with Gasteiger partial charge in [-0.25, -0.2) is 9.18 Å². The molecule has 0 radical (unpaired) electrons. The molecule has 1 amide bonds. The molecule has 1 aromatic carbocycles. The van der Waals surface area contributed by atoms with Crippen LogP contribution in [0, 0.1) is 5.82 Å². The number of carboxylic acid groups (broad SMARTS) is 1. The first-order valence-corrected chi connectivity index (χ1v) is 9.27. The summed E-state index contributed by atoms with van der Waals surface area (Å²) in [6.07, 6.45) is 3.79. The zero-order valence-electron chi connectivity index (χ0n) is 14.5. The standard InChI is InChI=1S/C19H22FNO4S/c1-25-16-10-9-13(12-15(16)20)18(19(23)24)21-17(22)8-4-2-3-6-14-7-5-11-26-14/h5,7,9-12,18H,2-4,6,8H2,1H3,(H,21,22)(H,23,24). The smallest absolute Gasteiger partial charge is 0.330 e. The molecule has 1 heterocycles. The minimum Gasteiger partial charge on any atom is -0.494 e. The lowest BCUT2D eigenvalue weighted by Gasteiger charge is -2.15. The van der Waals surface area contributed by atoms with E-state index in [1.807, 2.05) is 11.4 Å². The Morgan fingerprint density at radius 3 is 2.69 bits per heavy atom. The molecule has 0 saturated heterocycles. The van der Waals surface area contributed by atoms with Crippen molar-refractivity contribution in [1.82, 2.24) is 5.32 Å². The van der Waals surface area contributed by atoms with Crippen molar-refractivity contribution in [2.24, 2.45) is 0 Å². The molecular formula is C19H22FNO4S. The van der Waals surface area contributed by atoms with Crippen LogP contribution in [-0.4, -0.2) is 24.1 Å². The number of hydrogen-bond acceptors (Lipinski definition) is 4. The Morgan fingerprint density at radius 2 is 2.08 bits per heavy atom. The van der Waals surface area contributed by atoms with E-state index < -0.39 is 17.8 Å². The topological polar surface area (TPSA) is 75.6 Å². The Balaban J connectivity index is 1.82. The highest BCUT2D eigenvalue weighted by Crippen LogP contribution is 2.22. The fourth-order valence-corrected chi connectivity index (χ4v) is 3.35. The normalized spacial score (nSPS) is 11.8. The molecule has 26 heavy (non-hydrogen) atoms. The second kappa shape index (κ2) is 9.91. The first kappa shape index (κ1) is 19.9. The fourth-order valence-electron chi connectivity index (χ4n) is 2.60. The van der Waals surface area contributed by atoms with Crippen LogP contribution in [0.2, 0.25) is 0 Å². The van der Waals surface area contributed by atoms with Crippen LogP contribution in [-0.2, 0) is 16.0 Å². The molecule has 2 N–H and O–H groups in total. The summed E-state index contributed by atoms with van der Waals surface area (Å²) in [6.45, 7) is 0. The molecule has 0 saturated carbocycles.